The van der Waals surface area contributed by atoms with Crippen LogP contribution in [0.25, 0.3) is 22.3 Å². The van der Waals surface area contributed by atoms with Crippen LogP contribution in [0.3, 0.4) is 0 Å². The van der Waals surface area contributed by atoms with Crippen molar-refractivity contribution in [1.82, 2.24) is 19.7 Å². The standard InChI is InChI=1S/C40H32N4O/c1-27-28(2)44(26-41-27)40(45,37-22-11-6-17-32(37)29-13-4-3-5-14-29)31-16-12-15-30(25-31)39(38-23-24-42-43-38)35-20-9-7-18-33(35)34-19-8-10-21-36(34)39/h3-26,45H,1-2H3,(H,42,43). The number of H-pyrrole nitrogens is 1. The molecule has 0 saturated carbocycles. The number of aromatic amines is 1. The van der Waals surface area contributed by atoms with Gasteiger partial charge in [-0.2, -0.15) is 5.10 Å². The molecular weight excluding hydrogens is 552 g/mol. The van der Waals surface area contributed by atoms with Crippen LogP contribution in [-0.2, 0) is 11.1 Å². The van der Waals surface area contributed by atoms with Crippen molar-refractivity contribution < 1.29 is 5.11 Å². The Labute approximate surface area is 262 Å². The van der Waals surface area contributed by atoms with Crippen LogP contribution < -0.4 is 0 Å². The summed E-state index contributed by atoms with van der Waals surface area (Å²) in [6, 6.07) is 46.0. The number of aryl methyl sites for hydroxylation is 1. The van der Waals surface area contributed by atoms with Gasteiger partial charge in [-0.3, -0.25) is 9.67 Å². The van der Waals surface area contributed by atoms with Gasteiger partial charge in [0, 0.05) is 23.0 Å². The van der Waals surface area contributed by atoms with Gasteiger partial charge in [0.25, 0.3) is 0 Å². The summed E-state index contributed by atoms with van der Waals surface area (Å²) in [5, 5.41) is 21.2. The van der Waals surface area contributed by atoms with E-state index in [4.69, 9.17) is 5.10 Å². The maximum absolute atomic E-state index is 13.3. The number of aromatic nitrogens is 4. The molecule has 5 heteroatoms. The molecule has 0 saturated heterocycles. The van der Waals surface area contributed by atoms with Gasteiger partial charge in [0.05, 0.1) is 23.1 Å². The zero-order chi connectivity index (χ0) is 30.6. The largest absolute Gasteiger partial charge is 0.363 e. The molecule has 5 aromatic carbocycles. The average Bonchev–Trinajstić information content (AvgIpc) is 3.83. The fraction of sp³-hybridized carbons (Fsp3) is 0.100. The van der Waals surface area contributed by atoms with Gasteiger partial charge in [-0.25, -0.2) is 4.98 Å². The summed E-state index contributed by atoms with van der Waals surface area (Å²) in [6.45, 7) is 3.99. The third-order valence-corrected chi connectivity index (χ3v) is 9.52. The molecule has 7 aromatic rings. The third-order valence-electron chi connectivity index (χ3n) is 9.52. The highest BCUT2D eigenvalue weighted by Crippen LogP contribution is 2.56. The first-order valence-electron chi connectivity index (χ1n) is 15.2. The second-order valence-electron chi connectivity index (χ2n) is 11.8. The molecule has 1 aliphatic rings. The zero-order valence-electron chi connectivity index (χ0n) is 25.1. The maximum atomic E-state index is 13.3. The second-order valence-corrected chi connectivity index (χ2v) is 11.8. The van der Waals surface area contributed by atoms with Crippen LogP contribution in [0.15, 0.2) is 146 Å². The van der Waals surface area contributed by atoms with Crippen molar-refractivity contribution in [2.75, 3.05) is 0 Å². The number of hydrogen-bond donors (Lipinski definition) is 2. The number of aliphatic hydroxyl groups is 1. The van der Waals surface area contributed by atoms with Crippen LogP contribution in [-0.4, -0.2) is 24.9 Å². The summed E-state index contributed by atoms with van der Waals surface area (Å²) in [5.41, 5.74) is 9.62. The second kappa shape index (κ2) is 10.3. The van der Waals surface area contributed by atoms with E-state index in [2.05, 4.69) is 101 Å². The lowest BCUT2D eigenvalue weighted by Crippen LogP contribution is -2.38. The van der Waals surface area contributed by atoms with Gasteiger partial charge in [0.15, 0.2) is 5.72 Å². The Balaban J connectivity index is 1.44. The fourth-order valence-corrected chi connectivity index (χ4v) is 7.31. The van der Waals surface area contributed by atoms with Crippen LogP contribution in [0.1, 0.15) is 44.9 Å². The van der Waals surface area contributed by atoms with Crippen molar-refractivity contribution in [2.45, 2.75) is 25.0 Å². The van der Waals surface area contributed by atoms with Crippen molar-refractivity contribution in [2.24, 2.45) is 0 Å². The highest BCUT2D eigenvalue weighted by atomic mass is 16.3. The molecule has 1 unspecified atom stereocenters. The van der Waals surface area contributed by atoms with Gasteiger partial charge < -0.3 is 5.11 Å². The molecule has 0 aliphatic heterocycles. The van der Waals surface area contributed by atoms with E-state index in [1.54, 1.807) is 6.33 Å². The summed E-state index contributed by atoms with van der Waals surface area (Å²) in [5.74, 6) is 0. The molecule has 218 valence electrons. The van der Waals surface area contributed by atoms with E-state index < -0.39 is 11.1 Å². The molecule has 8 rings (SSSR count). The van der Waals surface area contributed by atoms with Gasteiger partial charge in [-0.1, -0.05) is 121 Å². The molecule has 0 spiro atoms. The van der Waals surface area contributed by atoms with Gasteiger partial charge in [0.1, 0.15) is 0 Å². The minimum absolute atomic E-state index is 0.692. The molecule has 0 fully saturated rings. The molecule has 0 bridgehead atoms. The molecule has 5 nitrogen and oxygen atoms in total. The molecule has 1 aliphatic carbocycles. The van der Waals surface area contributed by atoms with Crippen LogP contribution in [0, 0.1) is 13.8 Å². The van der Waals surface area contributed by atoms with Crippen molar-refractivity contribution in [3.8, 4) is 22.3 Å². The SMILES string of the molecule is Cc1ncn(C(O)(c2cccc(C3(c4cc[nH]n4)c4ccccc4-c4ccccc43)c2)c2ccccc2-c2ccccc2)c1C. The van der Waals surface area contributed by atoms with Crippen LogP contribution >= 0.6 is 0 Å². The van der Waals surface area contributed by atoms with Gasteiger partial charge in [-0.05, 0) is 64.9 Å². The molecular formula is C40H32N4O. The Morgan fingerprint density at radius 1 is 0.689 bits per heavy atom. The lowest BCUT2D eigenvalue weighted by Gasteiger charge is -2.36. The first-order chi connectivity index (χ1) is 22.0. The molecule has 0 amide bonds. The van der Waals surface area contributed by atoms with E-state index in [1.165, 1.54) is 22.3 Å². The van der Waals surface area contributed by atoms with E-state index in [-0.39, 0.29) is 0 Å². The van der Waals surface area contributed by atoms with Gasteiger partial charge >= 0.3 is 0 Å². The minimum Gasteiger partial charge on any atom is -0.363 e. The van der Waals surface area contributed by atoms with Crippen molar-refractivity contribution in [3.05, 3.63) is 191 Å². The van der Waals surface area contributed by atoms with Crippen LogP contribution in [0.5, 0.6) is 0 Å². The van der Waals surface area contributed by atoms with E-state index in [1.807, 2.05) is 67.1 Å². The smallest absolute Gasteiger partial charge is 0.196 e. The van der Waals surface area contributed by atoms with E-state index >= 15 is 0 Å². The lowest BCUT2D eigenvalue weighted by atomic mass is 9.69. The number of nitrogens with zero attached hydrogens (tertiary/aromatic N) is 3. The first-order valence-corrected chi connectivity index (χ1v) is 15.2. The molecule has 2 N–H and O–H groups in total. The lowest BCUT2D eigenvalue weighted by molar-refractivity contribution is 0.0471. The van der Waals surface area contributed by atoms with Crippen LogP contribution in [0.4, 0.5) is 0 Å². The number of benzene rings is 5. The monoisotopic (exact) mass is 584 g/mol. The Morgan fingerprint density at radius 3 is 1.98 bits per heavy atom. The molecule has 1 atom stereocenters. The highest BCUT2D eigenvalue weighted by molar-refractivity contribution is 5.85. The maximum Gasteiger partial charge on any atom is 0.196 e. The van der Waals surface area contributed by atoms with Crippen LogP contribution in [0.2, 0.25) is 0 Å². The molecule has 45 heavy (non-hydrogen) atoms. The quantitative estimate of drug-likeness (QED) is 0.208. The summed E-state index contributed by atoms with van der Waals surface area (Å²) in [7, 11) is 0. The zero-order valence-corrected chi connectivity index (χ0v) is 25.1. The Kier molecular flexibility index (Phi) is 6.19. The number of hydrogen-bond acceptors (Lipinski definition) is 3. The molecule has 2 heterocycles. The Hall–Kier alpha value is -5.52. The van der Waals surface area contributed by atoms with Crippen molar-refractivity contribution in [3.63, 3.8) is 0 Å². The molecule has 2 aromatic heterocycles. The first kappa shape index (κ1) is 27.1. The van der Waals surface area contributed by atoms with E-state index in [0.717, 1.165) is 44.9 Å². The summed E-state index contributed by atoms with van der Waals surface area (Å²) in [6.07, 6.45) is 3.64. The fourth-order valence-electron chi connectivity index (χ4n) is 7.31. The number of imidazole rings is 1. The van der Waals surface area contributed by atoms with E-state index in [0.29, 0.717) is 0 Å². The van der Waals surface area contributed by atoms with E-state index in [9.17, 15) is 5.11 Å². The van der Waals surface area contributed by atoms with Crippen molar-refractivity contribution in [1.29, 1.82) is 0 Å². The normalized spacial score (nSPS) is 14.5. The summed E-state index contributed by atoms with van der Waals surface area (Å²) in [4.78, 5) is 4.64. The van der Waals surface area contributed by atoms with Crippen molar-refractivity contribution >= 4 is 0 Å². The predicted octanol–water partition coefficient (Wildman–Crippen LogP) is 7.99. The number of fused-ring (bicyclic) bond motifs is 3. The third kappa shape index (κ3) is 3.84. The van der Waals surface area contributed by atoms with Gasteiger partial charge in [-0.15, -0.1) is 0 Å². The predicted molar refractivity (Wildman–Crippen MR) is 178 cm³/mol. The summed E-state index contributed by atoms with van der Waals surface area (Å²) >= 11 is 0. The molecule has 0 radical (unpaired) electrons. The highest BCUT2D eigenvalue weighted by Gasteiger charge is 2.48. The number of rotatable bonds is 6. The average molecular weight is 585 g/mol. The summed E-state index contributed by atoms with van der Waals surface area (Å²) < 4.78 is 1.90. The number of nitrogens with one attached hydrogen (secondary N) is 1. The minimum atomic E-state index is -1.57. The Morgan fingerprint density at radius 2 is 1.33 bits per heavy atom. The Bertz CT molecular complexity index is 2120. The topological polar surface area (TPSA) is 66.7 Å². The van der Waals surface area contributed by atoms with Gasteiger partial charge in [0.2, 0.25) is 0 Å².